The van der Waals surface area contributed by atoms with Gasteiger partial charge in [-0.15, -0.1) is 11.3 Å². The highest BCUT2D eigenvalue weighted by Gasteiger charge is 2.23. The summed E-state index contributed by atoms with van der Waals surface area (Å²) in [7, 11) is 0. The Kier molecular flexibility index (Phi) is 7.15. The highest BCUT2D eigenvalue weighted by molar-refractivity contribution is 7.11. The van der Waals surface area contributed by atoms with E-state index < -0.39 is 11.9 Å². The minimum absolute atomic E-state index is 0.128. The highest BCUT2D eigenvalue weighted by atomic mass is 32.1. The average molecular weight is 471 g/mol. The van der Waals surface area contributed by atoms with E-state index in [1.54, 1.807) is 35.7 Å². The molecule has 7 heteroatoms. The Balaban J connectivity index is 1.38. The Labute approximate surface area is 200 Å². The lowest BCUT2D eigenvalue weighted by molar-refractivity contribution is 0.0746. The summed E-state index contributed by atoms with van der Waals surface area (Å²) in [6.45, 7) is 3.48. The fourth-order valence-corrected chi connectivity index (χ4v) is 4.47. The van der Waals surface area contributed by atoms with Crippen LogP contribution in [-0.2, 0) is 6.42 Å². The molecule has 0 saturated heterocycles. The zero-order chi connectivity index (χ0) is 24.1. The van der Waals surface area contributed by atoms with Crippen molar-refractivity contribution in [3.05, 3.63) is 106 Å². The van der Waals surface area contributed by atoms with E-state index in [4.69, 9.17) is 0 Å². The highest BCUT2D eigenvalue weighted by Crippen LogP contribution is 2.24. The third-order valence-electron chi connectivity index (χ3n) is 5.45. The monoisotopic (exact) mass is 470 g/mol. The molecule has 0 fully saturated rings. The molecule has 170 valence electrons. The molecule has 0 bridgehead atoms. The summed E-state index contributed by atoms with van der Waals surface area (Å²) in [6.07, 6.45) is 2.61. The van der Waals surface area contributed by atoms with Crippen LogP contribution in [0.2, 0.25) is 0 Å². The van der Waals surface area contributed by atoms with Gasteiger partial charge >= 0.3 is 0 Å². The number of carbonyl (C=O) groups excluding carboxylic acids is 3. The molecule has 1 atom stereocenters. The number of aromatic nitrogens is 2. The number of aliphatic hydroxyl groups excluding tert-OH is 1. The van der Waals surface area contributed by atoms with Crippen LogP contribution < -0.4 is 0 Å². The standard InChI is InChI=1S/C27H22N2O4S/c1-2-23(30)20-10-4-5-11-21(20)24(31)13-7-9-19-16-34-27(29-19)26(33)25(32)18-14-17-8-3-6-12-22(17)28-15-18/h2-6,8,10-12,14-16,25,32H,1,7,9,13H2. The molecule has 0 spiro atoms. The number of fused-ring (bicyclic) bond motifs is 1. The topological polar surface area (TPSA) is 97.2 Å². The molecule has 34 heavy (non-hydrogen) atoms. The van der Waals surface area contributed by atoms with Crippen molar-refractivity contribution in [2.45, 2.75) is 25.4 Å². The summed E-state index contributed by atoms with van der Waals surface area (Å²) in [5.74, 6) is -0.899. The lowest BCUT2D eigenvalue weighted by atomic mass is 9.97. The van der Waals surface area contributed by atoms with Gasteiger partial charge in [-0.1, -0.05) is 49.0 Å². The van der Waals surface area contributed by atoms with Crippen LogP contribution >= 0.6 is 11.3 Å². The Bertz CT molecular complexity index is 1390. The van der Waals surface area contributed by atoms with E-state index in [1.807, 2.05) is 24.3 Å². The van der Waals surface area contributed by atoms with E-state index in [1.165, 1.54) is 23.6 Å². The minimum atomic E-state index is -1.35. The number of allylic oxidation sites excluding steroid dienone is 1. The van der Waals surface area contributed by atoms with Crippen molar-refractivity contribution in [1.29, 1.82) is 0 Å². The molecule has 0 radical (unpaired) electrons. The van der Waals surface area contributed by atoms with Gasteiger partial charge in [0.05, 0.1) is 11.2 Å². The Morgan fingerprint density at radius 3 is 2.59 bits per heavy atom. The third kappa shape index (κ3) is 5.06. The van der Waals surface area contributed by atoms with Crippen LogP contribution in [0.5, 0.6) is 0 Å². The van der Waals surface area contributed by atoms with Crippen molar-refractivity contribution >= 4 is 39.6 Å². The molecule has 0 saturated carbocycles. The van der Waals surface area contributed by atoms with E-state index in [9.17, 15) is 19.5 Å². The van der Waals surface area contributed by atoms with Crippen LogP contribution in [0.1, 0.15) is 60.7 Å². The van der Waals surface area contributed by atoms with Crippen molar-refractivity contribution in [1.82, 2.24) is 9.97 Å². The predicted molar refractivity (Wildman–Crippen MR) is 131 cm³/mol. The van der Waals surface area contributed by atoms with Crippen LogP contribution in [0.3, 0.4) is 0 Å². The van der Waals surface area contributed by atoms with Crippen molar-refractivity contribution in [3.63, 3.8) is 0 Å². The van der Waals surface area contributed by atoms with E-state index >= 15 is 0 Å². The van der Waals surface area contributed by atoms with Gasteiger partial charge in [-0.05, 0) is 31.1 Å². The quantitative estimate of drug-likeness (QED) is 0.253. The largest absolute Gasteiger partial charge is 0.380 e. The number of hydrogen-bond donors (Lipinski definition) is 1. The molecule has 0 aliphatic carbocycles. The maximum atomic E-state index is 12.8. The van der Waals surface area contributed by atoms with E-state index in [0.29, 0.717) is 35.2 Å². The molecular formula is C27H22N2O4S. The summed E-state index contributed by atoms with van der Waals surface area (Å²) in [6, 6.07) is 15.9. The molecule has 2 heterocycles. The van der Waals surface area contributed by atoms with Gasteiger partial charge in [0.15, 0.2) is 16.6 Å². The van der Waals surface area contributed by atoms with Crippen molar-refractivity contribution in [2.75, 3.05) is 0 Å². The van der Waals surface area contributed by atoms with Crippen LogP contribution in [0.4, 0.5) is 0 Å². The summed E-state index contributed by atoms with van der Waals surface area (Å²) >= 11 is 1.17. The number of benzene rings is 2. The second kappa shape index (κ2) is 10.4. The number of nitrogens with zero attached hydrogens (tertiary/aromatic N) is 2. The molecule has 0 amide bonds. The normalized spacial score (nSPS) is 11.8. The van der Waals surface area contributed by atoms with Gasteiger partial charge in [-0.25, -0.2) is 4.98 Å². The smallest absolute Gasteiger partial charge is 0.224 e. The van der Waals surface area contributed by atoms with Gasteiger partial charge in [0.1, 0.15) is 6.10 Å². The number of thiazole rings is 1. The van der Waals surface area contributed by atoms with Crippen LogP contribution in [0, 0.1) is 0 Å². The summed E-state index contributed by atoms with van der Waals surface area (Å²) in [5.41, 5.74) is 2.61. The zero-order valence-electron chi connectivity index (χ0n) is 18.3. The van der Waals surface area contributed by atoms with Gasteiger partial charge in [0, 0.05) is 40.1 Å². The summed E-state index contributed by atoms with van der Waals surface area (Å²) in [5, 5.41) is 13.4. The Hall–Kier alpha value is -3.81. The Morgan fingerprint density at radius 2 is 1.79 bits per heavy atom. The number of ketones is 3. The molecule has 4 rings (SSSR count). The molecule has 0 aliphatic rings. The molecule has 0 aliphatic heterocycles. The van der Waals surface area contributed by atoms with E-state index in [0.717, 1.165) is 10.9 Å². The molecule has 2 aromatic carbocycles. The zero-order valence-corrected chi connectivity index (χ0v) is 19.1. The first-order valence-electron chi connectivity index (χ1n) is 10.8. The average Bonchev–Trinajstić information content (AvgIpc) is 3.35. The summed E-state index contributed by atoms with van der Waals surface area (Å²) < 4.78 is 0. The predicted octanol–water partition coefficient (Wildman–Crippen LogP) is 5.18. The maximum absolute atomic E-state index is 12.8. The number of hydrogen-bond acceptors (Lipinski definition) is 7. The number of rotatable bonds is 10. The molecule has 4 aromatic rings. The lowest BCUT2D eigenvalue weighted by Crippen LogP contribution is -2.12. The molecule has 6 nitrogen and oxygen atoms in total. The van der Waals surface area contributed by atoms with Gasteiger partial charge in [-0.3, -0.25) is 19.4 Å². The maximum Gasteiger partial charge on any atom is 0.224 e. The van der Waals surface area contributed by atoms with Gasteiger partial charge in [0.25, 0.3) is 0 Å². The molecular weight excluding hydrogens is 448 g/mol. The van der Waals surface area contributed by atoms with E-state index in [2.05, 4.69) is 16.5 Å². The van der Waals surface area contributed by atoms with Gasteiger partial charge < -0.3 is 5.11 Å². The first-order valence-corrected chi connectivity index (χ1v) is 11.7. The van der Waals surface area contributed by atoms with Crippen molar-refractivity contribution in [2.24, 2.45) is 0 Å². The SMILES string of the molecule is C=CC(=O)c1ccccc1C(=O)CCCc1csc(C(=O)C(O)c2cnc3ccccc3c2)n1. The fourth-order valence-electron chi connectivity index (χ4n) is 3.66. The number of aryl methyl sites for hydroxylation is 1. The van der Waals surface area contributed by atoms with Gasteiger partial charge in [0.2, 0.25) is 5.78 Å². The Morgan fingerprint density at radius 1 is 1.06 bits per heavy atom. The number of carbonyl (C=O) groups is 3. The van der Waals surface area contributed by atoms with E-state index in [-0.39, 0.29) is 23.0 Å². The number of aliphatic hydroxyl groups is 1. The van der Waals surface area contributed by atoms with Crippen LogP contribution in [-0.4, -0.2) is 32.4 Å². The summed E-state index contributed by atoms with van der Waals surface area (Å²) in [4.78, 5) is 46.0. The number of pyridine rings is 1. The second-order valence-corrected chi connectivity index (χ2v) is 8.62. The second-order valence-electron chi connectivity index (χ2n) is 7.76. The first kappa shape index (κ1) is 23.4. The van der Waals surface area contributed by atoms with Crippen molar-refractivity contribution in [3.8, 4) is 0 Å². The number of Topliss-reactive ketones (excluding diaryl/α,β-unsaturated/α-hetero) is 2. The number of para-hydroxylation sites is 1. The lowest BCUT2D eigenvalue weighted by Gasteiger charge is -2.09. The molecule has 1 unspecified atom stereocenters. The van der Waals surface area contributed by atoms with Gasteiger partial charge in [-0.2, -0.15) is 0 Å². The third-order valence-corrected chi connectivity index (χ3v) is 6.36. The molecule has 1 N–H and O–H groups in total. The van der Waals surface area contributed by atoms with Crippen LogP contribution in [0.15, 0.2) is 78.8 Å². The van der Waals surface area contributed by atoms with Crippen molar-refractivity contribution < 1.29 is 19.5 Å². The fraction of sp³-hybridized carbons (Fsp3) is 0.148. The van der Waals surface area contributed by atoms with Crippen LogP contribution in [0.25, 0.3) is 10.9 Å². The first-order chi connectivity index (χ1) is 16.5. The minimum Gasteiger partial charge on any atom is -0.380 e. The molecule has 2 aromatic heterocycles.